The minimum atomic E-state index is -0.529. The number of anilines is 1. The molecule has 0 aliphatic rings. The van der Waals surface area contributed by atoms with Crippen molar-refractivity contribution in [1.82, 2.24) is 0 Å². The van der Waals surface area contributed by atoms with Crippen molar-refractivity contribution in [1.29, 1.82) is 0 Å². The summed E-state index contributed by atoms with van der Waals surface area (Å²) in [6.45, 7) is 1.95. The SMILES string of the molecule is Cc1ccc(NC(=O)c2ccccc2F)c(Br)c1. The molecular formula is C14H11BrFNO. The molecule has 2 nitrogen and oxygen atoms in total. The maximum absolute atomic E-state index is 13.4. The van der Waals surface area contributed by atoms with Crippen molar-refractivity contribution in [2.45, 2.75) is 6.92 Å². The molecule has 0 spiro atoms. The van der Waals surface area contributed by atoms with E-state index in [4.69, 9.17) is 0 Å². The Morgan fingerprint density at radius 3 is 2.61 bits per heavy atom. The Kier molecular flexibility index (Phi) is 3.77. The summed E-state index contributed by atoms with van der Waals surface area (Å²) in [5.41, 5.74) is 1.73. The second-order valence-electron chi connectivity index (χ2n) is 3.92. The Labute approximate surface area is 113 Å². The van der Waals surface area contributed by atoms with Gasteiger partial charge in [-0.2, -0.15) is 0 Å². The van der Waals surface area contributed by atoms with Crippen LogP contribution >= 0.6 is 15.9 Å². The molecule has 0 aliphatic heterocycles. The van der Waals surface area contributed by atoms with Crippen LogP contribution < -0.4 is 5.32 Å². The van der Waals surface area contributed by atoms with Crippen LogP contribution in [0.15, 0.2) is 46.9 Å². The Morgan fingerprint density at radius 1 is 1.22 bits per heavy atom. The lowest BCUT2D eigenvalue weighted by Gasteiger charge is -2.08. The van der Waals surface area contributed by atoms with Crippen LogP contribution in [-0.2, 0) is 0 Å². The van der Waals surface area contributed by atoms with Crippen LogP contribution in [0.3, 0.4) is 0 Å². The molecule has 2 aromatic carbocycles. The zero-order valence-corrected chi connectivity index (χ0v) is 11.3. The van der Waals surface area contributed by atoms with Crippen molar-refractivity contribution in [3.05, 3.63) is 63.9 Å². The third-order valence-electron chi connectivity index (χ3n) is 2.49. The number of carbonyl (C=O) groups excluding carboxylic acids is 1. The molecule has 0 bridgehead atoms. The summed E-state index contributed by atoms with van der Waals surface area (Å²) in [6.07, 6.45) is 0. The van der Waals surface area contributed by atoms with Crippen LogP contribution in [0.2, 0.25) is 0 Å². The van der Waals surface area contributed by atoms with Gasteiger partial charge in [-0.15, -0.1) is 0 Å². The molecule has 92 valence electrons. The van der Waals surface area contributed by atoms with E-state index in [2.05, 4.69) is 21.2 Å². The number of benzene rings is 2. The van der Waals surface area contributed by atoms with E-state index in [1.807, 2.05) is 19.1 Å². The largest absolute Gasteiger partial charge is 0.321 e. The predicted octanol–water partition coefficient (Wildman–Crippen LogP) is 4.15. The zero-order valence-electron chi connectivity index (χ0n) is 9.71. The van der Waals surface area contributed by atoms with Crippen LogP contribution in [-0.4, -0.2) is 5.91 Å². The van der Waals surface area contributed by atoms with E-state index in [0.29, 0.717) is 5.69 Å². The summed E-state index contributed by atoms with van der Waals surface area (Å²) in [6, 6.07) is 11.4. The van der Waals surface area contributed by atoms with Crippen molar-refractivity contribution in [2.75, 3.05) is 5.32 Å². The number of aryl methyl sites for hydroxylation is 1. The van der Waals surface area contributed by atoms with Gasteiger partial charge in [-0.25, -0.2) is 4.39 Å². The van der Waals surface area contributed by atoms with E-state index < -0.39 is 11.7 Å². The first-order chi connectivity index (χ1) is 8.58. The molecule has 0 aromatic heterocycles. The van der Waals surface area contributed by atoms with Gasteiger partial charge in [0.05, 0.1) is 11.3 Å². The minimum Gasteiger partial charge on any atom is -0.321 e. The van der Waals surface area contributed by atoms with E-state index in [9.17, 15) is 9.18 Å². The standard InChI is InChI=1S/C14H11BrFNO/c1-9-6-7-13(11(15)8-9)17-14(18)10-4-2-3-5-12(10)16/h2-8H,1H3,(H,17,18). The van der Waals surface area contributed by atoms with E-state index in [1.54, 1.807) is 18.2 Å². The van der Waals surface area contributed by atoms with Crippen molar-refractivity contribution in [3.63, 3.8) is 0 Å². The van der Waals surface area contributed by atoms with Gasteiger partial charge in [0.25, 0.3) is 5.91 Å². The van der Waals surface area contributed by atoms with Gasteiger partial charge in [-0.1, -0.05) is 18.2 Å². The van der Waals surface area contributed by atoms with Gasteiger partial charge < -0.3 is 5.32 Å². The van der Waals surface area contributed by atoms with Crippen molar-refractivity contribution < 1.29 is 9.18 Å². The molecule has 0 atom stereocenters. The molecule has 0 radical (unpaired) electrons. The molecule has 1 N–H and O–H groups in total. The Bertz CT molecular complexity index is 598. The van der Waals surface area contributed by atoms with Gasteiger partial charge in [0.1, 0.15) is 5.82 Å². The summed E-state index contributed by atoms with van der Waals surface area (Å²) >= 11 is 3.36. The first-order valence-corrected chi connectivity index (χ1v) is 6.19. The van der Waals surface area contributed by atoms with Crippen molar-refractivity contribution in [2.24, 2.45) is 0 Å². The topological polar surface area (TPSA) is 29.1 Å². The minimum absolute atomic E-state index is 0.0324. The van der Waals surface area contributed by atoms with Gasteiger partial charge in [0, 0.05) is 4.47 Å². The molecule has 2 aromatic rings. The molecule has 2 rings (SSSR count). The molecule has 0 saturated carbocycles. The monoisotopic (exact) mass is 307 g/mol. The first-order valence-electron chi connectivity index (χ1n) is 5.40. The summed E-state index contributed by atoms with van der Waals surface area (Å²) < 4.78 is 14.2. The first kappa shape index (κ1) is 12.8. The Hall–Kier alpha value is -1.68. The van der Waals surface area contributed by atoms with Crippen LogP contribution in [0, 0.1) is 12.7 Å². The molecule has 0 heterocycles. The summed E-state index contributed by atoms with van der Waals surface area (Å²) in [5.74, 6) is -0.990. The maximum atomic E-state index is 13.4. The van der Waals surface area contributed by atoms with Crippen molar-refractivity contribution >= 4 is 27.5 Å². The fourth-order valence-electron chi connectivity index (χ4n) is 1.56. The fourth-order valence-corrected chi connectivity index (χ4v) is 2.15. The molecule has 0 aliphatic carbocycles. The second-order valence-corrected chi connectivity index (χ2v) is 4.77. The third kappa shape index (κ3) is 2.76. The highest BCUT2D eigenvalue weighted by molar-refractivity contribution is 9.10. The lowest BCUT2D eigenvalue weighted by Crippen LogP contribution is -2.13. The van der Waals surface area contributed by atoms with Gasteiger partial charge in [-0.3, -0.25) is 4.79 Å². The Balaban J connectivity index is 2.24. The number of hydrogen-bond acceptors (Lipinski definition) is 1. The normalized spacial score (nSPS) is 10.2. The van der Waals surface area contributed by atoms with Gasteiger partial charge >= 0.3 is 0 Å². The molecular weight excluding hydrogens is 297 g/mol. The van der Waals surface area contributed by atoms with Crippen molar-refractivity contribution in [3.8, 4) is 0 Å². The summed E-state index contributed by atoms with van der Waals surface area (Å²) in [4.78, 5) is 11.9. The third-order valence-corrected chi connectivity index (χ3v) is 3.15. The number of nitrogens with one attached hydrogen (secondary N) is 1. The maximum Gasteiger partial charge on any atom is 0.258 e. The van der Waals surface area contributed by atoms with Crippen LogP contribution in [0.5, 0.6) is 0 Å². The van der Waals surface area contributed by atoms with E-state index >= 15 is 0 Å². The number of rotatable bonds is 2. The van der Waals surface area contributed by atoms with Crippen LogP contribution in [0.25, 0.3) is 0 Å². The average molecular weight is 308 g/mol. The average Bonchev–Trinajstić information content (AvgIpc) is 2.33. The smallest absolute Gasteiger partial charge is 0.258 e. The number of halogens is 2. The van der Waals surface area contributed by atoms with Gasteiger partial charge in [0.2, 0.25) is 0 Å². The lowest BCUT2D eigenvalue weighted by atomic mass is 10.2. The molecule has 18 heavy (non-hydrogen) atoms. The quantitative estimate of drug-likeness (QED) is 0.887. The fraction of sp³-hybridized carbons (Fsp3) is 0.0714. The van der Waals surface area contributed by atoms with E-state index in [-0.39, 0.29) is 5.56 Å². The highest BCUT2D eigenvalue weighted by Crippen LogP contribution is 2.24. The van der Waals surface area contributed by atoms with Gasteiger partial charge in [-0.05, 0) is 52.7 Å². The number of amides is 1. The highest BCUT2D eigenvalue weighted by atomic mass is 79.9. The Morgan fingerprint density at radius 2 is 1.94 bits per heavy atom. The molecule has 0 saturated heterocycles. The molecule has 0 fully saturated rings. The number of hydrogen-bond donors (Lipinski definition) is 1. The van der Waals surface area contributed by atoms with Crippen LogP contribution in [0.4, 0.5) is 10.1 Å². The summed E-state index contributed by atoms with van der Waals surface area (Å²) in [7, 11) is 0. The van der Waals surface area contributed by atoms with Gasteiger partial charge in [0.15, 0.2) is 0 Å². The number of carbonyl (C=O) groups is 1. The molecule has 1 amide bonds. The predicted molar refractivity (Wildman–Crippen MR) is 73.2 cm³/mol. The lowest BCUT2D eigenvalue weighted by molar-refractivity contribution is 0.102. The molecule has 4 heteroatoms. The highest BCUT2D eigenvalue weighted by Gasteiger charge is 2.12. The second kappa shape index (κ2) is 5.31. The van der Waals surface area contributed by atoms with Crippen LogP contribution in [0.1, 0.15) is 15.9 Å². The van der Waals surface area contributed by atoms with E-state index in [0.717, 1.165) is 10.0 Å². The molecule has 0 unspecified atom stereocenters. The zero-order chi connectivity index (χ0) is 13.1. The summed E-state index contributed by atoms with van der Waals surface area (Å²) in [5, 5.41) is 2.67. The van der Waals surface area contributed by atoms with E-state index in [1.165, 1.54) is 12.1 Å².